The Bertz CT molecular complexity index is 1170. The lowest BCUT2D eigenvalue weighted by Gasteiger charge is -2.18. The average molecular weight is 502 g/mol. The molecule has 194 valence electrons. The number of hydrogen-bond donors (Lipinski definition) is 3. The molecule has 1 amide bonds. The van der Waals surface area contributed by atoms with Crippen LogP contribution in [0.3, 0.4) is 0 Å². The molecule has 1 atom stereocenters. The highest BCUT2D eigenvalue weighted by molar-refractivity contribution is 5.83. The maximum absolute atomic E-state index is 12.1. The smallest absolute Gasteiger partial charge is 0.326 e. The van der Waals surface area contributed by atoms with Gasteiger partial charge in [-0.3, -0.25) is 9.59 Å². The van der Waals surface area contributed by atoms with E-state index in [9.17, 15) is 14.4 Å². The van der Waals surface area contributed by atoms with Crippen LogP contribution < -0.4 is 5.32 Å². The van der Waals surface area contributed by atoms with Crippen LogP contribution in [0, 0.1) is 11.8 Å². The Labute approximate surface area is 218 Å². The van der Waals surface area contributed by atoms with Gasteiger partial charge in [0.15, 0.2) is 0 Å². The third kappa shape index (κ3) is 9.61. The molecule has 6 nitrogen and oxygen atoms in total. The summed E-state index contributed by atoms with van der Waals surface area (Å²) < 4.78 is 0. The zero-order valence-electron chi connectivity index (χ0n) is 21.2. The molecule has 0 heterocycles. The van der Waals surface area contributed by atoms with Crippen LogP contribution in [-0.4, -0.2) is 34.1 Å². The summed E-state index contributed by atoms with van der Waals surface area (Å²) in [6.07, 6.45) is 7.55. The first-order valence-corrected chi connectivity index (χ1v) is 13.0. The standard InChI is InChI=1S/C31H35NO5/c33-29(32-28(31(36)37)20-21-30(34)35)17-6-2-5-12-24-13-9-15-26(22-24)27-16-8-7-14-25(27)19-18-23-10-3-1-4-11-23/h1,3-4,9-11,13,15,22,28H,2,5-8,12,14,16-17,20-21H2,(H,32,33)(H,34,35)(H,36,37)/t28-/m0/s1. The summed E-state index contributed by atoms with van der Waals surface area (Å²) in [7, 11) is 0. The van der Waals surface area contributed by atoms with Gasteiger partial charge in [-0.1, -0.05) is 60.7 Å². The van der Waals surface area contributed by atoms with Crippen molar-refractivity contribution in [2.45, 2.75) is 76.7 Å². The van der Waals surface area contributed by atoms with Crippen molar-refractivity contribution < 1.29 is 24.6 Å². The molecular weight excluding hydrogens is 466 g/mol. The molecule has 0 radical (unpaired) electrons. The van der Waals surface area contributed by atoms with Gasteiger partial charge in [0.2, 0.25) is 5.91 Å². The van der Waals surface area contributed by atoms with E-state index in [0.717, 1.165) is 37.7 Å². The van der Waals surface area contributed by atoms with Crippen molar-refractivity contribution in [2.24, 2.45) is 0 Å². The highest BCUT2D eigenvalue weighted by Crippen LogP contribution is 2.32. The van der Waals surface area contributed by atoms with Crippen LogP contribution in [0.15, 0.2) is 60.2 Å². The van der Waals surface area contributed by atoms with Gasteiger partial charge in [0.25, 0.3) is 0 Å². The first-order valence-electron chi connectivity index (χ1n) is 13.0. The molecule has 2 aromatic rings. The van der Waals surface area contributed by atoms with Crippen LogP contribution in [0.4, 0.5) is 0 Å². The van der Waals surface area contributed by atoms with E-state index in [-0.39, 0.29) is 25.2 Å². The van der Waals surface area contributed by atoms with Crippen molar-refractivity contribution in [3.63, 3.8) is 0 Å². The van der Waals surface area contributed by atoms with E-state index in [2.05, 4.69) is 41.4 Å². The second-order valence-corrected chi connectivity index (χ2v) is 9.43. The predicted octanol–water partition coefficient (Wildman–Crippen LogP) is 5.60. The van der Waals surface area contributed by atoms with Crippen molar-refractivity contribution in [3.8, 4) is 11.8 Å². The molecular formula is C31H35NO5. The van der Waals surface area contributed by atoms with Crippen LogP contribution in [0.2, 0.25) is 0 Å². The number of unbranched alkanes of at least 4 members (excludes halogenated alkanes) is 2. The number of nitrogens with one attached hydrogen (secondary N) is 1. The summed E-state index contributed by atoms with van der Waals surface area (Å²) in [6.45, 7) is 0. The largest absolute Gasteiger partial charge is 0.481 e. The summed E-state index contributed by atoms with van der Waals surface area (Å²) >= 11 is 0. The van der Waals surface area contributed by atoms with Crippen molar-refractivity contribution in [3.05, 3.63) is 76.9 Å². The van der Waals surface area contributed by atoms with Crippen molar-refractivity contribution >= 4 is 23.4 Å². The Morgan fingerprint density at radius 2 is 1.65 bits per heavy atom. The summed E-state index contributed by atoms with van der Waals surface area (Å²) in [4.78, 5) is 34.0. The SMILES string of the molecule is O=C(O)CC[C@H](NC(=O)CCCCCc1cccc(C2=C(C#Cc3ccccc3)CCCC2)c1)C(=O)O. The summed E-state index contributed by atoms with van der Waals surface area (Å²) in [5, 5.41) is 20.3. The first-order chi connectivity index (χ1) is 17.9. The molecule has 0 fully saturated rings. The van der Waals surface area contributed by atoms with Crippen LogP contribution in [-0.2, 0) is 20.8 Å². The number of benzene rings is 2. The van der Waals surface area contributed by atoms with Crippen LogP contribution in [0.1, 0.15) is 80.9 Å². The Balaban J connectivity index is 1.50. The molecule has 0 saturated heterocycles. The molecule has 37 heavy (non-hydrogen) atoms. The third-order valence-corrected chi connectivity index (χ3v) is 6.52. The fourth-order valence-electron chi connectivity index (χ4n) is 4.53. The molecule has 3 rings (SSSR count). The van der Waals surface area contributed by atoms with E-state index in [0.29, 0.717) is 6.42 Å². The highest BCUT2D eigenvalue weighted by Gasteiger charge is 2.20. The van der Waals surface area contributed by atoms with Gasteiger partial charge in [0.1, 0.15) is 6.04 Å². The zero-order chi connectivity index (χ0) is 26.5. The van der Waals surface area contributed by atoms with Crippen molar-refractivity contribution in [1.82, 2.24) is 5.32 Å². The lowest BCUT2D eigenvalue weighted by atomic mass is 9.86. The predicted molar refractivity (Wildman–Crippen MR) is 144 cm³/mol. The third-order valence-electron chi connectivity index (χ3n) is 6.52. The van der Waals surface area contributed by atoms with E-state index >= 15 is 0 Å². The molecule has 6 heteroatoms. The number of aryl methyl sites for hydroxylation is 1. The van der Waals surface area contributed by atoms with Gasteiger partial charge in [-0.15, -0.1) is 0 Å². The minimum Gasteiger partial charge on any atom is -0.481 e. The van der Waals surface area contributed by atoms with Gasteiger partial charge in [0, 0.05) is 24.0 Å². The molecule has 1 aliphatic rings. The topological polar surface area (TPSA) is 104 Å². The van der Waals surface area contributed by atoms with Gasteiger partial charge < -0.3 is 15.5 Å². The van der Waals surface area contributed by atoms with Crippen LogP contribution in [0.5, 0.6) is 0 Å². The van der Waals surface area contributed by atoms with E-state index in [1.807, 2.05) is 30.3 Å². The fraction of sp³-hybridized carbons (Fsp3) is 0.387. The van der Waals surface area contributed by atoms with E-state index in [4.69, 9.17) is 10.2 Å². The summed E-state index contributed by atoms with van der Waals surface area (Å²) in [6, 6.07) is 17.6. The van der Waals surface area contributed by atoms with Gasteiger partial charge in [-0.05, 0) is 80.2 Å². The number of rotatable bonds is 12. The Hall–Kier alpha value is -3.85. The number of carbonyl (C=O) groups is 3. The molecule has 0 spiro atoms. The van der Waals surface area contributed by atoms with E-state index in [1.165, 1.54) is 35.1 Å². The van der Waals surface area contributed by atoms with Crippen LogP contribution >= 0.6 is 0 Å². The zero-order valence-corrected chi connectivity index (χ0v) is 21.2. The van der Waals surface area contributed by atoms with Gasteiger partial charge in [-0.2, -0.15) is 0 Å². The molecule has 0 bridgehead atoms. The van der Waals surface area contributed by atoms with E-state index < -0.39 is 18.0 Å². The second kappa shape index (κ2) is 14.6. The molecule has 3 N–H and O–H groups in total. The fourth-order valence-corrected chi connectivity index (χ4v) is 4.53. The van der Waals surface area contributed by atoms with Gasteiger partial charge in [0.05, 0.1) is 0 Å². The number of aliphatic carboxylic acids is 2. The second-order valence-electron chi connectivity index (χ2n) is 9.43. The van der Waals surface area contributed by atoms with Crippen LogP contribution in [0.25, 0.3) is 5.57 Å². The Morgan fingerprint density at radius 1 is 0.865 bits per heavy atom. The van der Waals surface area contributed by atoms with Crippen molar-refractivity contribution in [2.75, 3.05) is 0 Å². The number of carboxylic acid groups (broad SMARTS) is 2. The Morgan fingerprint density at radius 3 is 2.41 bits per heavy atom. The van der Waals surface area contributed by atoms with Crippen molar-refractivity contribution in [1.29, 1.82) is 0 Å². The van der Waals surface area contributed by atoms with E-state index in [1.54, 1.807) is 0 Å². The first kappa shape index (κ1) is 27.7. The molecule has 0 unspecified atom stereocenters. The lowest BCUT2D eigenvalue weighted by Crippen LogP contribution is -2.41. The number of carbonyl (C=O) groups excluding carboxylic acids is 1. The van der Waals surface area contributed by atoms with Gasteiger partial charge >= 0.3 is 11.9 Å². The number of allylic oxidation sites excluding steroid dienone is 2. The molecule has 2 aromatic carbocycles. The van der Waals surface area contributed by atoms with Gasteiger partial charge in [-0.25, -0.2) is 4.79 Å². The normalized spacial score (nSPS) is 13.8. The quantitative estimate of drug-likeness (QED) is 0.259. The molecule has 0 aromatic heterocycles. The molecule has 0 aliphatic heterocycles. The molecule has 1 aliphatic carbocycles. The minimum atomic E-state index is -1.21. The number of amides is 1. The average Bonchev–Trinajstić information content (AvgIpc) is 2.90. The lowest BCUT2D eigenvalue weighted by molar-refractivity contribution is -0.143. The molecule has 0 saturated carbocycles. The number of carboxylic acids is 2. The maximum Gasteiger partial charge on any atom is 0.326 e. The minimum absolute atomic E-state index is 0.122. The number of hydrogen-bond acceptors (Lipinski definition) is 3. The maximum atomic E-state index is 12.1. The summed E-state index contributed by atoms with van der Waals surface area (Å²) in [5.41, 5.74) is 6.12. The highest BCUT2D eigenvalue weighted by atomic mass is 16.4. The monoisotopic (exact) mass is 501 g/mol. The Kier molecular flexibility index (Phi) is 11.0. The summed E-state index contributed by atoms with van der Waals surface area (Å²) in [5.74, 6) is 4.11.